The van der Waals surface area contributed by atoms with E-state index in [-0.39, 0.29) is 17.3 Å². The third-order valence-corrected chi connectivity index (χ3v) is 4.62. The van der Waals surface area contributed by atoms with E-state index in [1.165, 1.54) is 0 Å². The standard InChI is InChI=1S/C22H32N4O3/c1-8-29-21(28)19-15(2)24-26(16(19)3)18-11-9-17(10-12-18)20(27)23-13-22(4,5)14-25(6)7/h9-12H,8,13-14H2,1-7H3,(H,23,27). The monoisotopic (exact) mass is 400 g/mol. The van der Waals surface area contributed by atoms with Crippen molar-refractivity contribution < 1.29 is 14.3 Å². The summed E-state index contributed by atoms with van der Waals surface area (Å²) in [5.41, 5.74) is 3.16. The van der Waals surface area contributed by atoms with E-state index in [9.17, 15) is 9.59 Å². The molecule has 0 radical (unpaired) electrons. The molecule has 0 saturated carbocycles. The number of amides is 1. The molecule has 0 atom stereocenters. The highest BCUT2D eigenvalue weighted by atomic mass is 16.5. The molecule has 1 aromatic heterocycles. The van der Waals surface area contributed by atoms with Crippen LogP contribution in [0.25, 0.3) is 5.69 Å². The summed E-state index contributed by atoms with van der Waals surface area (Å²) in [4.78, 5) is 26.8. The number of nitrogens with one attached hydrogen (secondary N) is 1. The fourth-order valence-corrected chi connectivity index (χ4v) is 3.48. The van der Waals surface area contributed by atoms with Crippen LogP contribution in [-0.4, -0.2) is 60.3 Å². The third kappa shape index (κ3) is 5.67. The van der Waals surface area contributed by atoms with Gasteiger partial charge in [0, 0.05) is 18.7 Å². The van der Waals surface area contributed by atoms with Gasteiger partial charge in [0.1, 0.15) is 5.56 Å². The van der Waals surface area contributed by atoms with Crippen LogP contribution in [0.5, 0.6) is 0 Å². The van der Waals surface area contributed by atoms with Gasteiger partial charge >= 0.3 is 5.97 Å². The molecule has 0 spiro atoms. The number of aryl methyl sites for hydroxylation is 1. The smallest absolute Gasteiger partial charge is 0.341 e. The lowest BCUT2D eigenvalue weighted by Gasteiger charge is -2.28. The molecule has 1 amide bonds. The van der Waals surface area contributed by atoms with Crippen molar-refractivity contribution in [2.45, 2.75) is 34.6 Å². The fourth-order valence-electron chi connectivity index (χ4n) is 3.48. The maximum absolute atomic E-state index is 12.5. The van der Waals surface area contributed by atoms with E-state index in [1.54, 1.807) is 30.7 Å². The molecule has 7 nitrogen and oxygen atoms in total. The first-order chi connectivity index (χ1) is 13.6. The van der Waals surface area contributed by atoms with Crippen LogP contribution < -0.4 is 5.32 Å². The number of rotatable bonds is 8. The van der Waals surface area contributed by atoms with Crippen LogP contribution in [0.4, 0.5) is 0 Å². The van der Waals surface area contributed by atoms with Gasteiger partial charge in [-0.3, -0.25) is 4.79 Å². The summed E-state index contributed by atoms with van der Waals surface area (Å²) in [6, 6.07) is 7.19. The second-order valence-corrected chi connectivity index (χ2v) is 8.31. The van der Waals surface area contributed by atoms with Gasteiger partial charge in [-0.15, -0.1) is 0 Å². The zero-order chi connectivity index (χ0) is 21.8. The molecule has 29 heavy (non-hydrogen) atoms. The summed E-state index contributed by atoms with van der Waals surface area (Å²) < 4.78 is 6.82. The van der Waals surface area contributed by atoms with E-state index < -0.39 is 0 Å². The molecule has 1 N–H and O–H groups in total. The first-order valence-electron chi connectivity index (χ1n) is 9.82. The quantitative estimate of drug-likeness (QED) is 0.690. The molecule has 1 aromatic carbocycles. The van der Waals surface area contributed by atoms with E-state index in [1.807, 2.05) is 33.2 Å². The molecule has 0 aliphatic heterocycles. The number of hydrogen-bond acceptors (Lipinski definition) is 5. The van der Waals surface area contributed by atoms with E-state index in [4.69, 9.17) is 4.74 Å². The van der Waals surface area contributed by atoms with E-state index >= 15 is 0 Å². The predicted molar refractivity (Wildman–Crippen MR) is 114 cm³/mol. The number of esters is 1. The van der Waals surface area contributed by atoms with Gasteiger partial charge in [-0.1, -0.05) is 13.8 Å². The van der Waals surface area contributed by atoms with Crippen molar-refractivity contribution in [3.8, 4) is 5.69 Å². The van der Waals surface area contributed by atoms with Crippen LogP contribution in [0, 0.1) is 19.3 Å². The zero-order valence-corrected chi connectivity index (χ0v) is 18.5. The molecule has 0 saturated heterocycles. The maximum Gasteiger partial charge on any atom is 0.341 e. The Bertz CT molecular complexity index is 867. The SMILES string of the molecule is CCOC(=O)c1c(C)nn(-c2ccc(C(=O)NCC(C)(C)CN(C)C)cc2)c1C. The Balaban J connectivity index is 2.14. The molecule has 2 aromatic rings. The average molecular weight is 401 g/mol. The lowest BCUT2D eigenvalue weighted by Crippen LogP contribution is -2.39. The third-order valence-electron chi connectivity index (χ3n) is 4.62. The van der Waals surface area contributed by atoms with Gasteiger partial charge in [0.15, 0.2) is 0 Å². The Hall–Kier alpha value is -2.67. The molecular weight excluding hydrogens is 368 g/mol. The number of nitrogens with zero attached hydrogens (tertiary/aromatic N) is 3. The van der Waals surface area contributed by atoms with Gasteiger partial charge in [-0.05, 0) is 64.5 Å². The first-order valence-corrected chi connectivity index (χ1v) is 9.82. The fraction of sp³-hybridized carbons (Fsp3) is 0.500. The number of aromatic nitrogens is 2. The van der Waals surface area contributed by atoms with E-state index in [2.05, 4.69) is 29.2 Å². The number of benzene rings is 1. The molecule has 1 heterocycles. The summed E-state index contributed by atoms with van der Waals surface area (Å²) in [6.45, 7) is 11.4. The van der Waals surface area contributed by atoms with Crippen molar-refractivity contribution in [1.29, 1.82) is 0 Å². The Morgan fingerprint density at radius 2 is 1.79 bits per heavy atom. The highest BCUT2D eigenvalue weighted by Gasteiger charge is 2.22. The molecule has 0 fully saturated rings. The molecule has 7 heteroatoms. The Labute approximate surface area is 173 Å². The first kappa shape index (κ1) is 22.6. The van der Waals surface area contributed by atoms with Gasteiger partial charge in [0.05, 0.1) is 23.7 Å². The minimum absolute atomic E-state index is 0.0215. The van der Waals surface area contributed by atoms with Crippen LogP contribution in [0.1, 0.15) is 52.9 Å². The lowest BCUT2D eigenvalue weighted by atomic mass is 9.93. The second kappa shape index (κ2) is 9.22. The summed E-state index contributed by atoms with van der Waals surface area (Å²) >= 11 is 0. The van der Waals surface area contributed by atoms with Crippen molar-refractivity contribution in [2.75, 3.05) is 33.8 Å². The Morgan fingerprint density at radius 3 is 2.34 bits per heavy atom. The van der Waals surface area contributed by atoms with Gasteiger partial charge in [-0.25, -0.2) is 9.48 Å². The van der Waals surface area contributed by atoms with Crippen molar-refractivity contribution in [2.24, 2.45) is 5.41 Å². The van der Waals surface area contributed by atoms with Crippen molar-refractivity contribution in [1.82, 2.24) is 20.0 Å². The molecule has 0 aliphatic rings. The largest absolute Gasteiger partial charge is 0.462 e. The van der Waals surface area contributed by atoms with Gasteiger partial charge in [0.25, 0.3) is 5.91 Å². The normalized spacial score (nSPS) is 11.6. The van der Waals surface area contributed by atoms with Crippen LogP contribution >= 0.6 is 0 Å². The molecule has 0 bridgehead atoms. The van der Waals surface area contributed by atoms with Crippen molar-refractivity contribution in [3.63, 3.8) is 0 Å². The van der Waals surface area contributed by atoms with Crippen molar-refractivity contribution >= 4 is 11.9 Å². The summed E-state index contributed by atoms with van der Waals surface area (Å²) in [6.07, 6.45) is 0. The van der Waals surface area contributed by atoms with E-state index in [0.29, 0.717) is 35.7 Å². The highest BCUT2D eigenvalue weighted by molar-refractivity contribution is 5.94. The molecule has 158 valence electrons. The second-order valence-electron chi connectivity index (χ2n) is 8.31. The van der Waals surface area contributed by atoms with E-state index in [0.717, 1.165) is 12.2 Å². The molecule has 0 aliphatic carbocycles. The number of carbonyl (C=O) groups is 2. The number of carbonyl (C=O) groups excluding carboxylic acids is 2. The summed E-state index contributed by atoms with van der Waals surface area (Å²) in [5.74, 6) is -0.478. The summed E-state index contributed by atoms with van der Waals surface area (Å²) in [7, 11) is 4.04. The minimum atomic E-state index is -0.370. The predicted octanol–water partition coefficient (Wildman–Crippen LogP) is 2.98. The number of ether oxygens (including phenoxy) is 1. The van der Waals surface area contributed by atoms with Crippen LogP contribution in [-0.2, 0) is 4.74 Å². The van der Waals surface area contributed by atoms with Crippen LogP contribution in [0.2, 0.25) is 0 Å². The average Bonchev–Trinajstić information content (AvgIpc) is 2.93. The Kier molecular flexibility index (Phi) is 7.19. The molecule has 0 unspecified atom stereocenters. The maximum atomic E-state index is 12.5. The van der Waals surface area contributed by atoms with Crippen LogP contribution in [0.3, 0.4) is 0 Å². The lowest BCUT2D eigenvalue weighted by molar-refractivity contribution is 0.0524. The van der Waals surface area contributed by atoms with Gasteiger partial charge in [0.2, 0.25) is 0 Å². The highest BCUT2D eigenvalue weighted by Crippen LogP contribution is 2.20. The topological polar surface area (TPSA) is 76.5 Å². The zero-order valence-electron chi connectivity index (χ0n) is 18.5. The minimum Gasteiger partial charge on any atom is -0.462 e. The Morgan fingerprint density at radius 1 is 1.17 bits per heavy atom. The summed E-state index contributed by atoms with van der Waals surface area (Å²) in [5, 5.41) is 7.47. The molecule has 2 rings (SSSR count). The van der Waals surface area contributed by atoms with Crippen molar-refractivity contribution in [3.05, 3.63) is 46.8 Å². The van der Waals surface area contributed by atoms with Gasteiger partial charge < -0.3 is 15.0 Å². The number of hydrogen-bond donors (Lipinski definition) is 1. The van der Waals surface area contributed by atoms with Gasteiger partial charge in [-0.2, -0.15) is 5.10 Å². The van der Waals surface area contributed by atoms with Crippen LogP contribution in [0.15, 0.2) is 24.3 Å². The molecular formula is C22H32N4O3.